The molecule has 0 radical (unpaired) electrons. The molecule has 0 aliphatic carbocycles. The van der Waals surface area contributed by atoms with Gasteiger partial charge in [-0.25, -0.2) is 18.4 Å². The van der Waals surface area contributed by atoms with Gasteiger partial charge in [-0.15, -0.1) is 0 Å². The first-order chi connectivity index (χ1) is 11.4. The fourth-order valence-electron chi connectivity index (χ4n) is 2.53. The Hall–Kier alpha value is -2.83. The topological polar surface area (TPSA) is 130 Å². The third-order valence-corrected chi connectivity index (χ3v) is 5.66. The van der Waals surface area contributed by atoms with E-state index in [0.29, 0.717) is 12.1 Å². The molecule has 1 aliphatic heterocycles. The highest BCUT2D eigenvalue weighted by Gasteiger charge is 2.31. The minimum Gasteiger partial charge on any atom is -0.363 e. The molecule has 122 valence electrons. The van der Waals surface area contributed by atoms with Crippen LogP contribution in [-0.2, 0) is 23.0 Å². The largest absolute Gasteiger partial charge is 0.363 e. The van der Waals surface area contributed by atoms with E-state index in [2.05, 4.69) is 9.97 Å². The van der Waals surface area contributed by atoms with E-state index in [0.717, 1.165) is 5.56 Å². The fraction of sp³-hybridized carbons (Fsp3) is 0.200. The lowest BCUT2D eigenvalue weighted by Crippen LogP contribution is -2.37. The second-order valence-electron chi connectivity index (χ2n) is 5.23. The summed E-state index contributed by atoms with van der Waals surface area (Å²) in [5, 5.41) is 9.13. The van der Waals surface area contributed by atoms with Crippen molar-refractivity contribution in [3.05, 3.63) is 53.1 Å². The van der Waals surface area contributed by atoms with Gasteiger partial charge in [-0.1, -0.05) is 12.1 Å². The first kappa shape index (κ1) is 16.0. The number of fused-ring (bicyclic) bond motifs is 1. The Labute approximate surface area is 138 Å². The highest BCUT2D eigenvalue weighted by Crippen LogP contribution is 2.25. The van der Waals surface area contributed by atoms with Crippen molar-refractivity contribution in [2.45, 2.75) is 17.9 Å². The van der Waals surface area contributed by atoms with Crippen LogP contribution in [-0.4, -0.2) is 35.1 Å². The first-order valence-corrected chi connectivity index (χ1v) is 8.51. The van der Waals surface area contributed by atoms with Gasteiger partial charge in [0.25, 0.3) is 5.91 Å². The molecule has 1 aliphatic rings. The Morgan fingerprint density at radius 1 is 1.33 bits per heavy atom. The zero-order valence-corrected chi connectivity index (χ0v) is 13.3. The second-order valence-corrected chi connectivity index (χ2v) is 7.13. The number of primary amides is 1. The van der Waals surface area contributed by atoms with Crippen molar-refractivity contribution < 1.29 is 13.2 Å². The minimum absolute atomic E-state index is 0.000228. The maximum absolute atomic E-state index is 12.8. The fourth-order valence-corrected chi connectivity index (χ4v) is 4.07. The number of sulfonamides is 1. The van der Waals surface area contributed by atoms with Crippen molar-refractivity contribution >= 4 is 15.9 Å². The number of rotatable bonds is 3. The van der Waals surface area contributed by atoms with Crippen LogP contribution in [0.2, 0.25) is 0 Å². The van der Waals surface area contributed by atoms with E-state index in [4.69, 9.17) is 11.0 Å². The molecule has 0 atom stereocenters. The monoisotopic (exact) mass is 343 g/mol. The number of nitrogens with zero attached hydrogens (tertiary/aromatic N) is 4. The summed E-state index contributed by atoms with van der Waals surface area (Å²) in [5.74, 6) is -0.918. The van der Waals surface area contributed by atoms with E-state index < -0.39 is 15.9 Å². The average Bonchev–Trinajstić information content (AvgIpc) is 2.60. The normalized spacial score (nSPS) is 14.6. The SMILES string of the molecule is N#Cc1ccccc1S(=O)(=O)N1CCc2cnc(C(N)=O)nc2C1. The smallest absolute Gasteiger partial charge is 0.286 e. The number of nitrogens with two attached hydrogens (primary N) is 1. The highest BCUT2D eigenvalue weighted by atomic mass is 32.2. The summed E-state index contributed by atoms with van der Waals surface area (Å²) in [6, 6.07) is 7.92. The van der Waals surface area contributed by atoms with Gasteiger partial charge in [-0.05, 0) is 24.1 Å². The van der Waals surface area contributed by atoms with E-state index >= 15 is 0 Å². The lowest BCUT2D eigenvalue weighted by molar-refractivity contribution is 0.0990. The number of nitriles is 1. The van der Waals surface area contributed by atoms with E-state index in [9.17, 15) is 13.2 Å². The van der Waals surface area contributed by atoms with Crippen molar-refractivity contribution in [2.75, 3.05) is 6.54 Å². The molecule has 0 fully saturated rings. The molecule has 1 aromatic heterocycles. The lowest BCUT2D eigenvalue weighted by Gasteiger charge is -2.27. The van der Waals surface area contributed by atoms with Crippen molar-refractivity contribution in [1.82, 2.24) is 14.3 Å². The van der Waals surface area contributed by atoms with Crippen LogP contribution in [0.15, 0.2) is 35.4 Å². The lowest BCUT2D eigenvalue weighted by atomic mass is 10.1. The summed E-state index contributed by atoms with van der Waals surface area (Å²) >= 11 is 0. The van der Waals surface area contributed by atoms with E-state index in [1.165, 1.54) is 22.6 Å². The predicted molar refractivity (Wildman–Crippen MR) is 83.0 cm³/mol. The van der Waals surface area contributed by atoms with Crippen LogP contribution in [0, 0.1) is 11.3 Å². The average molecular weight is 343 g/mol. The van der Waals surface area contributed by atoms with Gasteiger partial charge in [-0.3, -0.25) is 4.79 Å². The van der Waals surface area contributed by atoms with Crippen molar-refractivity contribution in [2.24, 2.45) is 5.73 Å². The van der Waals surface area contributed by atoms with Gasteiger partial charge >= 0.3 is 0 Å². The molecule has 2 N–H and O–H groups in total. The molecule has 0 spiro atoms. The summed E-state index contributed by atoms with van der Waals surface area (Å²) < 4.78 is 26.9. The molecule has 1 aromatic carbocycles. The number of carbonyl (C=O) groups excluding carboxylic acids is 1. The molecule has 2 aromatic rings. The quantitative estimate of drug-likeness (QED) is 0.847. The van der Waals surface area contributed by atoms with E-state index in [-0.39, 0.29) is 29.4 Å². The van der Waals surface area contributed by atoms with Crippen LogP contribution in [0.3, 0.4) is 0 Å². The molecule has 8 nitrogen and oxygen atoms in total. The van der Waals surface area contributed by atoms with Gasteiger partial charge in [0.05, 0.1) is 22.7 Å². The summed E-state index contributed by atoms with van der Waals surface area (Å²) in [5.41, 5.74) is 6.48. The first-order valence-electron chi connectivity index (χ1n) is 7.07. The molecule has 0 bridgehead atoms. The Bertz CT molecular complexity index is 965. The molecular weight excluding hydrogens is 330 g/mol. The van der Waals surface area contributed by atoms with Gasteiger partial charge in [0.1, 0.15) is 6.07 Å². The number of amides is 1. The van der Waals surface area contributed by atoms with Crippen molar-refractivity contribution in [3.8, 4) is 6.07 Å². The summed E-state index contributed by atoms with van der Waals surface area (Å²) in [6.45, 7) is 0.245. The third-order valence-electron chi connectivity index (χ3n) is 3.76. The van der Waals surface area contributed by atoms with E-state index in [1.807, 2.05) is 6.07 Å². The van der Waals surface area contributed by atoms with Crippen LogP contribution in [0.4, 0.5) is 0 Å². The van der Waals surface area contributed by atoms with Gasteiger partial charge in [0.2, 0.25) is 15.8 Å². The number of benzene rings is 1. The Morgan fingerprint density at radius 3 is 2.79 bits per heavy atom. The number of carbonyl (C=O) groups is 1. The molecule has 1 amide bonds. The minimum atomic E-state index is -3.85. The Kier molecular flexibility index (Phi) is 4.01. The molecule has 2 heterocycles. The zero-order chi connectivity index (χ0) is 17.3. The van der Waals surface area contributed by atoms with Crippen LogP contribution in [0.1, 0.15) is 27.4 Å². The molecular formula is C15H13N5O3S. The summed E-state index contributed by atoms with van der Waals surface area (Å²) in [6.07, 6.45) is 1.91. The Morgan fingerprint density at radius 2 is 2.08 bits per heavy atom. The number of hydrogen-bond acceptors (Lipinski definition) is 6. The van der Waals surface area contributed by atoms with Gasteiger partial charge < -0.3 is 5.73 Å². The second kappa shape index (κ2) is 5.99. The van der Waals surface area contributed by atoms with Gasteiger partial charge in [0, 0.05) is 12.7 Å². The maximum Gasteiger partial charge on any atom is 0.286 e. The maximum atomic E-state index is 12.8. The molecule has 24 heavy (non-hydrogen) atoms. The van der Waals surface area contributed by atoms with E-state index in [1.54, 1.807) is 12.1 Å². The summed E-state index contributed by atoms with van der Waals surface area (Å²) in [4.78, 5) is 19.1. The van der Waals surface area contributed by atoms with Crippen LogP contribution in [0.25, 0.3) is 0 Å². The molecule has 0 saturated heterocycles. The van der Waals surface area contributed by atoms with Crippen LogP contribution in [0.5, 0.6) is 0 Å². The summed E-state index contributed by atoms with van der Waals surface area (Å²) in [7, 11) is -3.85. The standard InChI is InChI=1S/C15H13N5O3S/c16-7-10-3-1-2-4-13(10)24(22,23)20-6-5-11-8-18-15(14(17)21)19-12(11)9-20/h1-4,8H,5-6,9H2,(H2,17,21). The Balaban J connectivity index is 1.99. The van der Waals surface area contributed by atoms with Gasteiger partial charge in [-0.2, -0.15) is 9.57 Å². The molecule has 9 heteroatoms. The van der Waals surface area contributed by atoms with Crippen LogP contribution < -0.4 is 5.73 Å². The number of aromatic nitrogens is 2. The van der Waals surface area contributed by atoms with Gasteiger partial charge in [0.15, 0.2) is 0 Å². The van der Waals surface area contributed by atoms with Crippen molar-refractivity contribution in [1.29, 1.82) is 5.26 Å². The zero-order valence-electron chi connectivity index (χ0n) is 12.5. The van der Waals surface area contributed by atoms with Crippen molar-refractivity contribution in [3.63, 3.8) is 0 Å². The third kappa shape index (κ3) is 2.73. The van der Waals surface area contributed by atoms with Crippen LogP contribution >= 0.6 is 0 Å². The highest BCUT2D eigenvalue weighted by molar-refractivity contribution is 7.89. The molecule has 0 saturated carbocycles. The molecule has 3 rings (SSSR count). The predicted octanol–water partition coefficient (Wildman–Crippen LogP) is 0.194. The molecule has 0 unspecified atom stereocenters. The number of hydrogen-bond donors (Lipinski definition) is 1.